The Morgan fingerprint density at radius 1 is 1.33 bits per heavy atom. The molecular formula is C16H18N2O2S. The number of nitrogens with one attached hydrogen (secondary N) is 1. The van der Waals surface area contributed by atoms with Gasteiger partial charge in [0.15, 0.2) is 0 Å². The Kier molecular flexibility index (Phi) is 3.68. The van der Waals surface area contributed by atoms with Crippen LogP contribution in [0.15, 0.2) is 24.3 Å². The maximum Gasteiger partial charge on any atom is 0.261 e. The fourth-order valence-electron chi connectivity index (χ4n) is 3.03. The van der Waals surface area contributed by atoms with E-state index < -0.39 is 0 Å². The van der Waals surface area contributed by atoms with E-state index >= 15 is 0 Å². The summed E-state index contributed by atoms with van der Waals surface area (Å²) in [4.78, 5) is 26.4. The summed E-state index contributed by atoms with van der Waals surface area (Å²) in [7, 11) is 1.66. The zero-order valence-corrected chi connectivity index (χ0v) is 13.0. The molecule has 2 heterocycles. The molecule has 110 valence electrons. The summed E-state index contributed by atoms with van der Waals surface area (Å²) < 4.78 is 1.13. The highest BCUT2D eigenvalue weighted by Gasteiger charge is 2.31. The van der Waals surface area contributed by atoms with Gasteiger partial charge >= 0.3 is 0 Å². The van der Waals surface area contributed by atoms with Crippen LogP contribution >= 0.6 is 11.3 Å². The number of likely N-dealkylation sites (tertiary alicyclic amines) is 1. The van der Waals surface area contributed by atoms with Crippen molar-refractivity contribution < 1.29 is 9.59 Å². The highest BCUT2D eigenvalue weighted by Crippen LogP contribution is 2.40. The van der Waals surface area contributed by atoms with Crippen LogP contribution in [0.3, 0.4) is 0 Å². The maximum atomic E-state index is 12.2. The number of benzene rings is 1. The second-order valence-electron chi connectivity index (χ2n) is 5.37. The van der Waals surface area contributed by atoms with Crippen LogP contribution in [0.1, 0.15) is 34.5 Å². The van der Waals surface area contributed by atoms with Gasteiger partial charge in [-0.25, -0.2) is 0 Å². The standard InChI is InChI=1S/C16H18N2O2S/c1-10(19)18-8-7-11(9-18)14-12-5-3-4-6-13(12)21-15(14)16(20)17-2/h3-6,11H,7-9H2,1-2H3,(H,17,20). The van der Waals surface area contributed by atoms with Crippen molar-refractivity contribution in [2.75, 3.05) is 20.1 Å². The van der Waals surface area contributed by atoms with Gasteiger partial charge in [0.1, 0.15) is 0 Å². The Morgan fingerprint density at radius 2 is 2.10 bits per heavy atom. The largest absolute Gasteiger partial charge is 0.354 e. The normalized spacial score (nSPS) is 18.2. The first-order chi connectivity index (χ1) is 10.1. The van der Waals surface area contributed by atoms with E-state index in [2.05, 4.69) is 11.4 Å². The van der Waals surface area contributed by atoms with E-state index in [1.165, 1.54) is 11.3 Å². The third-order valence-electron chi connectivity index (χ3n) is 4.11. The molecule has 3 rings (SSSR count). The van der Waals surface area contributed by atoms with E-state index in [1.807, 2.05) is 23.1 Å². The third-order valence-corrected chi connectivity index (χ3v) is 5.29. The molecule has 0 bridgehead atoms. The van der Waals surface area contributed by atoms with Gasteiger partial charge in [0, 0.05) is 37.7 Å². The van der Waals surface area contributed by atoms with E-state index in [0.717, 1.165) is 33.5 Å². The number of fused-ring (bicyclic) bond motifs is 1. The fraction of sp³-hybridized carbons (Fsp3) is 0.375. The van der Waals surface area contributed by atoms with Crippen molar-refractivity contribution in [1.29, 1.82) is 0 Å². The molecule has 2 amide bonds. The number of rotatable bonds is 2. The average molecular weight is 302 g/mol. The van der Waals surface area contributed by atoms with Crippen LogP contribution in [0, 0.1) is 0 Å². The smallest absolute Gasteiger partial charge is 0.261 e. The van der Waals surface area contributed by atoms with Gasteiger partial charge in [0.05, 0.1) is 4.88 Å². The molecule has 1 fully saturated rings. The molecular weight excluding hydrogens is 284 g/mol. The van der Waals surface area contributed by atoms with E-state index in [4.69, 9.17) is 0 Å². The number of amides is 2. The van der Waals surface area contributed by atoms with E-state index in [0.29, 0.717) is 6.54 Å². The monoisotopic (exact) mass is 302 g/mol. The van der Waals surface area contributed by atoms with Crippen LogP contribution < -0.4 is 5.32 Å². The predicted molar refractivity (Wildman–Crippen MR) is 84.8 cm³/mol. The van der Waals surface area contributed by atoms with Crippen LogP contribution in [0.4, 0.5) is 0 Å². The Morgan fingerprint density at radius 3 is 2.76 bits per heavy atom. The lowest BCUT2D eigenvalue weighted by Crippen LogP contribution is -2.26. The molecule has 0 spiro atoms. The SMILES string of the molecule is CNC(=O)c1sc2ccccc2c1C1CCN(C(C)=O)C1. The van der Waals surface area contributed by atoms with E-state index in [9.17, 15) is 9.59 Å². The van der Waals surface area contributed by atoms with E-state index in [1.54, 1.807) is 14.0 Å². The molecule has 1 unspecified atom stereocenters. The van der Waals surface area contributed by atoms with Crippen molar-refractivity contribution in [2.24, 2.45) is 0 Å². The minimum Gasteiger partial charge on any atom is -0.354 e. The number of carbonyl (C=O) groups is 2. The molecule has 0 aliphatic carbocycles. The molecule has 0 saturated carbocycles. The van der Waals surface area contributed by atoms with Gasteiger partial charge in [-0.05, 0) is 23.4 Å². The minimum atomic E-state index is -0.0347. The van der Waals surface area contributed by atoms with Crippen molar-refractivity contribution >= 4 is 33.2 Å². The zero-order valence-electron chi connectivity index (χ0n) is 12.2. The highest BCUT2D eigenvalue weighted by atomic mass is 32.1. The van der Waals surface area contributed by atoms with Gasteiger partial charge < -0.3 is 10.2 Å². The molecule has 1 aromatic heterocycles. The second-order valence-corrected chi connectivity index (χ2v) is 6.42. The molecule has 21 heavy (non-hydrogen) atoms. The van der Waals surface area contributed by atoms with Crippen molar-refractivity contribution in [3.8, 4) is 0 Å². The quantitative estimate of drug-likeness (QED) is 0.927. The first-order valence-corrected chi connectivity index (χ1v) is 7.92. The first-order valence-electron chi connectivity index (χ1n) is 7.11. The molecule has 0 radical (unpaired) electrons. The van der Waals surface area contributed by atoms with Gasteiger partial charge in [-0.1, -0.05) is 18.2 Å². The highest BCUT2D eigenvalue weighted by molar-refractivity contribution is 7.21. The summed E-state index contributed by atoms with van der Waals surface area (Å²) in [5, 5.41) is 3.88. The predicted octanol–water partition coefficient (Wildman–Crippen LogP) is 2.60. The van der Waals surface area contributed by atoms with Gasteiger partial charge in [-0.2, -0.15) is 0 Å². The molecule has 1 aromatic carbocycles. The van der Waals surface area contributed by atoms with Crippen LogP contribution in [-0.4, -0.2) is 36.9 Å². The lowest BCUT2D eigenvalue weighted by Gasteiger charge is -2.15. The summed E-state index contributed by atoms with van der Waals surface area (Å²) in [6.07, 6.45) is 0.921. The third kappa shape index (κ3) is 2.42. The summed E-state index contributed by atoms with van der Waals surface area (Å²) in [6.45, 7) is 3.09. The zero-order chi connectivity index (χ0) is 15.0. The molecule has 1 N–H and O–H groups in total. The molecule has 1 atom stereocenters. The summed E-state index contributed by atoms with van der Waals surface area (Å²) >= 11 is 1.54. The topological polar surface area (TPSA) is 49.4 Å². The average Bonchev–Trinajstić information content (AvgIpc) is 3.10. The molecule has 2 aromatic rings. The molecule has 4 nitrogen and oxygen atoms in total. The molecule has 1 aliphatic heterocycles. The number of nitrogens with zero attached hydrogens (tertiary/aromatic N) is 1. The van der Waals surface area contributed by atoms with Crippen molar-refractivity contribution in [3.63, 3.8) is 0 Å². The second kappa shape index (κ2) is 5.48. The Hall–Kier alpha value is -1.88. The summed E-state index contributed by atoms with van der Waals surface area (Å²) in [5.74, 6) is 0.323. The first kappa shape index (κ1) is 14.1. The Bertz CT molecular complexity index is 707. The molecule has 5 heteroatoms. The van der Waals surface area contributed by atoms with Gasteiger partial charge in [0.25, 0.3) is 5.91 Å². The number of thiophene rings is 1. The van der Waals surface area contributed by atoms with E-state index in [-0.39, 0.29) is 17.7 Å². The minimum absolute atomic E-state index is 0.0347. The summed E-state index contributed by atoms with van der Waals surface area (Å²) in [5.41, 5.74) is 1.11. The van der Waals surface area contributed by atoms with Gasteiger partial charge in [-0.3, -0.25) is 9.59 Å². The lowest BCUT2D eigenvalue weighted by molar-refractivity contribution is -0.127. The van der Waals surface area contributed by atoms with Crippen LogP contribution in [-0.2, 0) is 4.79 Å². The number of hydrogen-bond donors (Lipinski definition) is 1. The molecule has 1 saturated heterocycles. The fourth-order valence-corrected chi connectivity index (χ4v) is 4.27. The maximum absolute atomic E-state index is 12.2. The lowest BCUT2D eigenvalue weighted by atomic mass is 9.95. The van der Waals surface area contributed by atoms with Crippen LogP contribution in [0.25, 0.3) is 10.1 Å². The van der Waals surface area contributed by atoms with Gasteiger partial charge in [0.2, 0.25) is 5.91 Å². The Balaban J connectivity index is 2.08. The van der Waals surface area contributed by atoms with Crippen LogP contribution in [0.2, 0.25) is 0 Å². The number of carbonyl (C=O) groups excluding carboxylic acids is 2. The van der Waals surface area contributed by atoms with Crippen molar-refractivity contribution in [3.05, 3.63) is 34.7 Å². The van der Waals surface area contributed by atoms with Crippen molar-refractivity contribution in [1.82, 2.24) is 10.2 Å². The Labute approximate surface area is 127 Å². The van der Waals surface area contributed by atoms with Gasteiger partial charge in [-0.15, -0.1) is 11.3 Å². The van der Waals surface area contributed by atoms with Crippen molar-refractivity contribution in [2.45, 2.75) is 19.3 Å². The molecule has 1 aliphatic rings. The van der Waals surface area contributed by atoms with Crippen LogP contribution in [0.5, 0.6) is 0 Å². The summed E-state index contributed by atoms with van der Waals surface area (Å²) in [6, 6.07) is 8.12. The number of hydrogen-bond acceptors (Lipinski definition) is 3.